The zero-order valence-electron chi connectivity index (χ0n) is 28.9. The number of hydrogen-bond donors (Lipinski definition) is 1. The molecule has 5 rings (SSSR count). The Morgan fingerprint density at radius 1 is 0.538 bits per heavy atom. The van der Waals surface area contributed by atoms with Gasteiger partial charge in [0.15, 0.2) is 6.29 Å². The zero-order valence-corrected chi connectivity index (χ0v) is 38.4. The molecule has 0 amide bonds. The Hall–Kier alpha value is -1.74. The molecule has 5 aromatic rings. The molecule has 0 aliphatic heterocycles. The van der Waals surface area contributed by atoms with Crippen LogP contribution in [0.4, 0.5) is 22.0 Å². The molecule has 0 fully saturated rings. The predicted octanol–water partition coefficient (Wildman–Crippen LogP) is 15.0. The molecule has 0 unspecified atom stereocenters. The fourth-order valence-electron chi connectivity index (χ4n) is 3.85. The lowest BCUT2D eigenvalue weighted by atomic mass is 10.1. The number of aryl methyl sites for hydroxylation is 5. The second kappa shape index (κ2) is 23.9. The van der Waals surface area contributed by atoms with E-state index in [1.165, 1.54) is 36.4 Å². The van der Waals surface area contributed by atoms with Crippen molar-refractivity contribution in [1.82, 2.24) is 0 Å². The van der Waals surface area contributed by atoms with E-state index >= 15 is 0 Å². The van der Waals surface area contributed by atoms with Gasteiger partial charge in [-0.2, -0.15) is 0 Å². The second-order valence-corrected chi connectivity index (χ2v) is 15.6. The Morgan fingerprint density at radius 3 is 1.31 bits per heavy atom. The SMILES string of the molecule is Cc1ccc(F)c(C)c1Br.Cc1ccc(F)c(C=O)c1Br.Cc1ccc(F)c(CBr)c1Br.Cc1ccc(F)c(CO)c1Br.Cc1ccc(F)cc1Br. The van der Waals surface area contributed by atoms with Gasteiger partial charge in [0.2, 0.25) is 0 Å². The lowest BCUT2D eigenvalue weighted by molar-refractivity contribution is 0.111. The monoisotopic (exact) mass is 1100 g/mol. The highest BCUT2D eigenvalue weighted by Crippen LogP contribution is 2.26. The van der Waals surface area contributed by atoms with Crippen LogP contribution >= 0.6 is 95.6 Å². The van der Waals surface area contributed by atoms with E-state index in [0.717, 1.165) is 41.2 Å². The van der Waals surface area contributed by atoms with Crippen molar-refractivity contribution in [1.29, 1.82) is 0 Å². The highest BCUT2D eigenvalue weighted by molar-refractivity contribution is 9.11. The van der Waals surface area contributed by atoms with Crippen LogP contribution in [-0.2, 0) is 11.9 Å². The molecule has 0 bridgehead atoms. The molecular formula is C39H35Br6F5O2. The molecule has 0 radical (unpaired) electrons. The summed E-state index contributed by atoms with van der Waals surface area (Å²) in [7, 11) is 0. The third kappa shape index (κ3) is 14.8. The highest BCUT2D eigenvalue weighted by Gasteiger charge is 2.09. The topological polar surface area (TPSA) is 37.3 Å². The van der Waals surface area contributed by atoms with Crippen molar-refractivity contribution in [2.75, 3.05) is 0 Å². The highest BCUT2D eigenvalue weighted by atomic mass is 79.9. The summed E-state index contributed by atoms with van der Waals surface area (Å²) >= 11 is 19.4. The first-order valence-corrected chi connectivity index (χ1v) is 20.2. The lowest BCUT2D eigenvalue weighted by Gasteiger charge is -2.04. The van der Waals surface area contributed by atoms with Crippen LogP contribution in [0.1, 0.15) is 54.9 Å². The van der Waals surface area contributed by atoms with Gasteiger partial charge >= 0.3 is 0 Å². The first-order chi connectivity index (χ1) is 24.3. The quantitative estimate of drug-likeness (QED) is 0.111. The molecule has 5 aromatic carbocycles. The molecule has 0 aliphatic rings. The third-order valence-corrected chi connectivity index (χ3v) is 13.0. The number of halogens is 11. The summed E-state index contributed by atoms with van der Waals surface area (Å²) in [4.78, 5) is 10.3. The van der Waals surface area contributed by atoms with Crippen LogP contribution < -0.4 is 0 Å². The third-order valence-electron chi connectivity index (χ3n) is 7.13. The summed E-state index contributed by atoms with van der Waals surface area (Å²) in [6.07, 6.45) is 0.506. The number of aldehydes is 1. The van der Waals surface area contributed by atoms with Crippen LogP contribution in [0.2, 0.25) is 0 Å². The van der Waals surface area contributed by atoms with Crippen molar-refractivity contribution < 1.29 is 31.9 Å². The number of aliphatic hydroxyl groups is 1. The van der Waals surface area contributed by atoms with E-state index in [2.05, 4.69) is 95.6 Å². The Bertz CT molecular complexity index is 1890. The molecule has 0 saturated carbocycles. The number of carbonyl (C=O) groups is 1. The maximum absolute atomic E-state index is 13.0. The van der Waals surface area contributed by atoms with Gasteiger partial charge < -0.3 is 5.11 Å². The number of hydrogen-bond acceptors (Lipinski definition) is 2. The summed E-state index contributed by atoms with van der Waals surface area (Å²) in [6.45, 7) is 10.9. The molecular weight excluding hydrogens is 1070 g/mol. The number of alkyl halides is 1. The average Bonchev–Trinajstić information content (AvgIpc) is 3.11. The zero-order chi connectivity index (χ0) is 39.9. The molecule has 0 atom stereocenters. The number of aliphatic hydroxyl groups excluding tert-OH is 1. The molecule has 2 nitrogen and oxygen atoms in total. The van der Waals surface area contributed by atoms with E-state index in [-0.39, 0.29) is 35.4 Å². The van der Waals surface area contributed by atoms with Crippen molar-refractivity contribution >= 4 is 102 Å². The van der Waals surface area contributed by atoms with Crippen molar-refractivity contribution in [3.05, 3.63) is 168 Å². The smallest absolute Gasteiger partial charge is 0.154 e. The number of carbonyl (C=O) groups excluding carboxylic acids is 1. The second-order valence-electron chi connectivity index (χ2n) is 11.0. The lowest BCUT2D eigenvalue weighted by Crippen LogP contribution is -1.92. The van der Waals surface area contributed by atoms with E-state index in [0.29, 0.717) is 37.3 Å². The summed E-state index contributed by atoms with van der Waals surface area (Å²) in [6, 6.07) is 17.0. The van der Waals surface area contributed by atoms with Crippen LogP contribution in [0, 0.1) is 70.6 Å². The van der Waals surface area contributed by atoms with Crippen molar-refractivity contribution in [3.63, 3.8) is 0 Å². The van der Waals surface area contributed by atoms with Gasteiger partial charge in [-0.3, -0.25) is 4.79 Å². The van der Waals surface area contributed by atoms with Gasteiger partial charge in [-0.1, -0.05) is 110 Å². The van der Waals surface area contributed by atoms with Crippen LogP contribution in [0.3, 0.4) is 0 Å². The Labute approximate surface area is 352 Å². The van der Waals surface area contributed by atoms with Crippen molar-refractivity contribution in [3.8, 4) is 0 Å². The molecule has 0 aliphatic carbocycles. The molecule has 52 heavy (non-hydrogen) atoms. The average molecular weight is 1110 g/mol. The summed E-state index contributed by atoms with van der Waals surface area (Å²) in [5.41, 5.74) is 6.74. The van der Waals surface area contributed by atoms with E-state index in [1.54, 1.807) is 44.2 Å². The molecule has 1 N–H and O–H groups in total. The van der Waals surface area contributed by atoms with Gasteiger partial charge in [0, 0.05) is 38.8 Å². The minimum absolute atomic E-state index is 0.0880. The van der Waals surface area contributed by atoms with Crippen LogP contribution in [0.15, 0.2) is 89.1 Å². The Morgan fingerprint density at radius 2 is 0.942 bits per heavy atom. The summed E-state index contributed by atoms with van der Waals surface area (Å²) < 4.78 is 67.4. The molecule has 0 aromatic heterocycles. The van der Waals surface area contributed by atoms with E-state index in [9.17, 15) is 26.7 Å². The first kappa shape index (κ1) is 48.3. The fraction of sp³-hybridized carbons (Fsp3) is 0.205. The summed E-state index contributed by atoms with van der Waals surface area (Å²) in [5, 5.41) is 9.30. The fourth-order valence-corrected chi connectivity index (χ4v) is 6.77. The van der Waals surface area contributed by atoms with Crippen LogP contribution in [0.25, 0.3) is 0 Å². The van der Waals surface area contributed by atoms with Gasteiger partial charge in [0.05, 0.1) is 12.2 Å². The molecule has 280 valence electrons. The van der Waals surface area contributed by atoms with Gasteiger partial charge in [-0.15, -0.1) is 0 Å². The Balaban J connectivity index is 0.000000326. The van der Waals surface area contributed by atoms with E-state index in [1.807, 2.05) is 27.7 Å². The maximum atomic E-state index is 13.0. The normalized spacial score (nSPS) is 9.96. The van der Waals surface area contributed by atoms with Gasteiger partial charge in [0.1, 0.15) is 29.1 Å². The maximum Gasteiger partial charge on any atom is 0.154 e. The van der Waals surface area contributed by atoms with E-state index < -0.39 is 5.82 Å². The molecule has 0 heterocycles. The standard InChI is InChI=1S/C8H7Br2F.C8H8BrFO.C8H6BrFO.C8H8BrF.C7H6BrF/c1-5-2-3-7(11)6(4-9)8(5)10;2*1-5-2-3-7(10)6(4-11)8(5)9;1-5-3-4-7(10)6(2)8(5)9;1-5-2-3-6(9)4-7(5)8/h2-3H,4H2,1H3;2-3,11H,4H2,1H3;2-4H,1H3;3-4H,1-2H3;2-4H,1H3. The van der Waals surface area contributed by atoms with Crippen LogP contribution in [-0.4, -0.2) is 11.4 Å². The molecule has 13 heteroatoms. The first-order valence-electron chi connectivity index (χ1n) is 15.1. The number of rotatable bonds is 3. The van der Waals surface area contributed by atoms with Crippen LogP contribution in [0.5, 0.6) is 0 Å². The van der Waals surface area contributed by atoms with Crippen molar-refractivity contribution in [2.45, 2.75) is 53.5 Å². The predicted molar refractivity (Wildman–Crippen MR) is 223 cm³/mol. The van der Waals surface area contributed by atoms with Gasteiger partial charge in [-0.25, -0.2) is 22.0 Å². The van der Waals surface area contributed by atoms with Gasteiger partial charge in [-0.05, 0) is 127 Å². The minimum Gasteiger partial charge on any atom is -0.392 e. The largest absolute Gasteiger partial charge is 0.392 e. The molecule has 0 spiro atoms. The Kier molecular flexibility index (Phi) is 22.2. The van der Waals surface area contributed by atoms with Crippen molar-refractivity contribution in [2.24, 2.45) is 0 Å². The van der Waals surface area contributed by atoms with E-state index in [4.69, 9.17) is 5.11 Å². The van der Waals surface area contributed by atoms with Gasteiger partial charge in [0.25, 0.3) is 0 Å². The minimum atomic E-state index is -0.488. The summed E-state index contributed by atoms with van der Waals surface area (Å²) in [5.74, 6) is -1.38. The molecule has 0 saturated heterocycles. The number of benzene rings is 5.